The van der Waals surface area contributed by atoms with E-state index in [4.69, 9.17) is 4.74 Å². The summed E-state index contributed by atoms with van der Waals surface area (Å²) >= 11 is 2.03. The van der Waals surface area contributed by atoms with E-state index in [2.05, 4.69) is 23.4 Å². The van der Waals surface area contributed by atoms with E-state index in [0.29, 0.717) is 6.04 Å². The Kier molecular flexibility index (Phi) is 8.27. The number of ether oxygens (including phenoxy) is 1. The Morgan fingerprint density at radius 3 is 2.71 bits per heavy atom. The van der Waals surface area contributed by atoms with Gasteiger partial charge in [0.25, 0.3) is 0 Å². The minimum absolute atomic E-state index is 0.667. The maximum Gasteiger partial charge on any atom is 0.0474 e. The van der Waals surface area contributed by atoms with Gasteiger partial charge < -0.3 is 10.1 Å². The SMILES string of the molecule is COCCCNCC(C)N1CCC(SC)CC1. The first-order valence-corrected chi connectivity index (χ1v) is 8.03. The lowest BCUT2D eigenvalue weighted by molar-refractivity contribution is 0.169. The molecule has 1 heterocycles. The maximum atomic E-state index is 5.04. The molecule has 0 amide bonds. The standard InChI is InChI=1S/C13H28N2OS/c1-12(11-14-7-4-10-16-2)15-8-5-13(17-3)6-9-15/h12-14H,4-11H2,1-3H3. The van der Waals surface area contributed by atoms with Crippen molar-refractivity contribution in [2.75, 3.05) is 46.2 Å². The van der Waals surface area contributed by atoms with E-state index < -0.39 is 0 Å². The van der Waals surface area contributed by atoms with Crippen LogP contribution in [0.25, 0.3) is 0 Å². The Bertz CT molecular complexity index is 184. The van der Waals surface area contributed by atoms with Crippen molar-refractivity contribution in [3.05, 3.63) is 0 Å². The third-order valence-electron chi connectivity index (χ3n) is 3.58. The van der Waals surface area contributed by atoms with Gasteiger partial charge in [-0.05, 0) is 52.1 Å². The van der Waals surface area contributed by atoms with Crippen LogP contribution in [0.2, 0.25) is 0 Å². The van der Waals surface area contributed by atoms with Gasteiger partial charge in [-0.2, -0.15) is 11.8 Å². The minimum atomic E-state index is 0.667. The number of nitrogens with one attached hydrogen (secondary N) is 1. The van der Waals surface area contributed by atoms with Gasteiger partial charge in [-0.25, -0.2) is 0 Å². The minimum Gasteiger partial charge on any atom is -0.385 e. The molecule has 17 heavy (non-hydrogen) atoms. The van der Waals surface area contributed by atoms with Gasteiger partial charge in [0.2, 0.25) is 0 Å². The second kappa shape index (κ2) is 9.20. The topological polar surface area (TPSA) is 24.5 Å². The number of rotatable bonds is 8. The van der Waals surface area contributed by atoms with Crippen LogP contribution in [-0.2, 0) is 4.74 Å². The molecule has 1 unspecified atom stereocenters. The Morgan fingerprint density at radius 2 is 2.12 bits per heavy atom. The molecule has 0 saturated carbocycles. The predicted molar refractivity (Wildman–Crippen MR) is 76.9 cm³/mol. The highest BCUT2D eigenvalue weighted by Crippen LogP contribution is 2.21. The smallest absolute Gasteiger partial charge is 0.0474 e. The van der Waals surface area contributed by atoms with Crippen LogP contribution in [0, 0.1) is 0 Å². The summed E-state index contributed by atoms with van der Waals surface area (Å²) in [6.45, 7) is 7.91. The van der Waals surface area contributed by atoms with Crippen molar-refractivity contribution < 1.29 is 4.74 Å². The van der Waals surface area contributed by atoms with Crippen molar-refractivity contribution in [1.29, 1.82) is 0 Å². The molecule has 1 rings (SSSR count). The van der Waals surface area contributed by atoms with Crippen LogP contribution >= 0.6 is 11.8 Å². The zero-order valence-corrected chi connectivity index (χ0v) is 12.4. The fourth-order valence-electron chi connectivity index (χ4n) is 2.33. The zero-order chi connectivity index (χ0) is 12.5. The summed E-state index contributed by atoms with van der Waals surface area (Å²) in [5.74, 6) is 0. The maximum absolute atomic E-state index is 5.04. The second-order valence-corrected chi connectivity index (χ2v) is 6.01. The molecule has 1 aliphatic rings. The summed E-state index contributed by atoms with van der Waals surface area (Å²) < 4.78 is 5.04. The lowest BCUT2D eigenvalue weighted by Crippen LogP contribution is -2.45. The molecule has 0 aromatic carbocycles. The Labute approximate surface area is 111 Å². The Balaban J connectivity index is 2.05. The first-order valence-electron chi connectivity index (χ1n) is 6.74. The number of likely N-dealkylation sites (tertiary alicyclic amines) is 1. The molecule has 0 aromatic heterocycles. The summed E-state index contributed by atoms with van der Waals surface area (Å²) in [7, 11) is 1.76. The first-order chi connectivity index (χ1) is 8.27. The largest absolute Gasteiger partial charge is 0.385 e. The van der Waals surface area contributed by atoms with Crippen LogP contribution in [-0.4, -0.2) is 62.3 Å². The molecule has 1 fully saturated rings. The molecule has 1 saturated heterocycles. The van der Waals surface area contributed by atoms with Crippen LogP contribution in [0.3, 0.4) is 0 Å². The van der Waals surface area contributed by atoms with Crippen molar-refractivity contribution >= 4 is 11.8 Å². The van der Waals surface area contributed by atoms with E-state index in [1.165, 1.54) is 25.9 Å². The van der Waals surface area contributed by atoms with Crippen LogP contribution in [0.15, 0.2) is 0 Å². The van der Waals surface area contributed by atoms with Gasteiger partial charge in [-0.3, -0.25) is 4.90 Å². The summed E-state index contributed by atoms with van der Waals surface area (Å²) in [6, 6.07) is 0.667. The molecule has 1 N–H and O–H groups in total. The molecule has 1 aliphatic heterocycles. The molecule has 4 heteroatoms. The summed E-state index contributed by atoms with van der Waals surface area (Å²) in [5.41, 5.74) is 0. The van der Waals surface area contributed by atoms with E-state index in [-0.39, 0.29) is 0 Å². The van der Waals surface area contributed by atoms with E-state index in [1.807, 2.05) is 11.8 Å². The number of methoxy groups -OCH3 is 1. The average molecular weight is 260 g/mol. The van der Waals surface area contributed by atoms with Crippen LogP contribution in [0.5, 0.6) is 0 Å². The lowest BCUT2D eigenvalue weighted by atomic mass is 10.1. The number of hydrogen-bond donors (Lipinski definition) is 1. The van der Waals surface area contributed by atoms with Crippen LogP contribution in [0.1, 0.15) is 26.2 Å². The number of thioether (sulfide) groups is 1. The third-order valence-corrected chi connectivity index (χ3v) is 4.71. The van der Waals surface area contributed by atoms with Gasteiger partial charge in [-0.1, -0.05) is 0 Å². The fourth-order valence-corrected chi connectivity index (χ4v) is 3.02. The second-order valence-electron chi connectivity index (χ2n) is 4.87. The molecule has 0 aromatic rings. The molecular weight excluding hydrogens is 232 g/mol. The highest BCUT2D eigenvalue weighted by Gasteiger charge is 2.21. The van der Waals surface area contributed by atoms with Gasteiger partial charge in [0.05, 0.1) is 0 Å². The van der Waals surface area contributed by atoms with Crippen molar-refractivity contribution in [3.63, 3.8) is 0 Å². The van der Waals surface area contributed by atoms with Gasteiger partial charge in [0.15, 0.2) is 0 Å². The zero-order valence-electron chi connectivity index (χ0n) is 11.6. The van der Waals surface area contributed by atoms with Crippen LogP contribution in [0.4, 0.5) is 0 Å². The van der Waals surface area contributed by atoms with Crippen molar-refractivity contribution in [3.8, 4) is 0 Å². The molecule has 0 spiro atoms. The first kappa shape index (κ1) is 15.3. The third kappa shape index (κ3) is 6.09. The summed E-state index contributed by atoms with van der Waals surface area (Å²) in [5, 5.41) is 4.41. The Morgan fingerprint density at radius 1 is 1.41 bits per heavy atom. The number of hydrogen-bond acceptors (Lipinski definition) is 4. The van der Waals surface area contributed by atoms with Crippen LogP contribution < -0.4 is 5.32 Å². The lowest BCUT2D eigenvalue weighted by Gasteiger charge is -2.35. The number of nitrogens with zero attached hydrogens (tertiary/aromatic N) is 1. The molecule has 0 bridgehead atoms. The highest BCUT2D eigenvalue weighted by atomic mass is 32.2. The van der Waals surface area contributed by atoms with E-state index in [0.717, 1.165) is 31.4 Å². The molecule has 1 atom stereocenters. The predicted octanol–water partition coefficient (Wildman–Crippen LogP) is 1.83. The van der Waals surface area contributed by atoms with Crippen molar-refractivity contribution in [1.82, 2.24) is 10.2 Å². The van der Waals surface area contributed by atoms with Gasteiger partial charge in [0, 0.05) is 31.6 Å². The molecule has 0 radical (unpaired) electrons. The highest BCUT2D eigenvalue weighted by molar-refractivity contribution is 7.99. The summed E-state index contributed by atoms with van der Waals surface area (Å²) in [6.07, 6.45) is 6.06. The van der Waals surface area contributed by atoms with Gasteiger partial charge >= 0.3 is 0 Å². The van der Waals surface area contributed by atoms with Crippen molar-refractivity contribution in [2.45, 2.75) is 37.5 Å². The molecule has 0 aliphatic carbocycles. The molecule has 3 nitrogen and oxygen atoms in total. The van der Waals surface area contributed by atoms with E-state index in [9.17, 15) is 0 Å². The summed E-state index contributed by atoms with van der Waals surface area (Å²) in [4.78, 5) is 2.62. The van der Waals surface area contributed by atoms with Gasteiger partial charge in [-0.15, -0.1) is 0 Å². The van der Waals surface area contributed by atoms with E-state index in [1.54, 1.807) is 7.11 Å². The molecular formula is C13H28N2OS. The van der Waals surface area contributed by atoms with E-state index >= 15 is 0 Å². The quantitative estimate of drug-likeness (QED) is 0.673. The monoisotopic (exact) mass is 260 g/mol. The Hall–Kier alpha value is 0.230. The normalized spacial score (nSPS) is 20.6. The number of piperidine rings is 1. The molecule has 102 valence electrons. The fraction of sp³-hybridized carbons (Fsp3) is 1.00. The van der Waals surface area contributed by atoms with Crippen molar-refractivity contribution in [2.24, 2.45) is 0 Å². The van der Waals surface area contributed by atoms with Gasteiger partial charge in [0.1, 0.15) is 0 Å². The average Bonchev–Trinajstić information content (AvgIpc) is 2.38.